The van der Waals surface area contributed by atoms with E-state index in [-0.39, 0.29) is 11.5 Å². The van der Waals surface area contributed by atoms with Crippen LogP contribution in [0, 0.1) is 6.92 Å². The Morgan fingerprint density at radius 1 is 1.19 bits per heavy atom. The third-order valence-corrected chi connectivity index (χ3v) is 3.48. The molecule has 0 atom stereocenters. The molecule has 0 fully saturated rings. The Bertz CT molecular complexity index is 890. The Balaban J connectivity index is 2.22. The molecule has 2 N–H and O–H groups in total. The van der Waals surface area contributed by atoms with Crippen LogP contribution in [-0.4, -0.2) is 22.7 Å². The minimum Gasteiger partial charge on any atom is -0.387 e. The maximum atomic E-state index is 12.8. The molecule has 0 bridgehead atoms. The summed E-state index contributed by atoms with van der Waals surface area (Å²) in [5, 5.41) is 6.11. The lowest BCUT2D eigenvalue weighted by molar-refractivity contribution is 0.0950. The van der Waals surface area contributed by atoms with Gasteiger partial charge in [0.1, 0.15) is 0 Å². The first-order valence-electron chi connectivity index (χ1n) is 6.64. The van der Waals surface area contributed by atoms with Crippen LogP contribution < -0.4 is 10.9 Å². The molecule has 0 unspecified atom stereocenters. The van der Waals surface area contributed by atoms with E-state index in [1.165, 1.54) is 4.68 Å². The summed E-state index contributed by atoms with van der Waals surface area (Å²) >= 11 is 0. The van der Waals surface area contributed by atoms with Gasteiger partial charge in [-0.2, -0.15) is 0 Å². The monoisotopic (exact) mass is 281 g/mol. The van der Waals surface area contributed by atoms with Gasteiger partial charge in [0.15, 0.2) is 0 Å². The maximum absolute atomic E-state index is 12.8. The Morgan fingerprint density at radius 2 is 1.95 bits per heavy atom. The van der Waals surface area contributed by atoms with E-state index in [2.05, 4.69) is 10.4 Å². The average molecular weight is 281 g/mol. The lowest BCUT2D eigenvalue weighted by atomic mass is 10.1. The van der Waals surface area contributed by atoms with Crippen LogP contribution in [0.3, 0.4) is 0 Å². The second-order valence-electron chi connectivity index (χ2n) is 4.90. The van der Waals surface area contributed by atoms with Crippen molar-refractivity contribution in [1.29, 1.82) is 0 Å². The Morgan fingerprint density at radius 3 is 2.71 bits per heavy atom. The van der Waals surface area contributed by atoms with Crippen molar-refractivity contribution in [3.05, 3.63) is 63.9 Å². The highest BCUT2D eigenvalue weighted by atomic mass is 16.2. The topological polar surface area (TPSA) is 66.9 Å². The summed E-state index contributed by atoms with van der Waals surface area (Å²) in [4.78, 5) is 24.7. The second-order valence-corrected chi connectivity index (χ2v) is 4.90. The summed E-state index contributed by atoms with van der Waals surface area (Å²) in [6.07, 6.45) is 0. The number of aromatic nitrogens is 2. The number of hydrogen-bond acceptors (Lipinski definition) is 3. The number of hydrogen-bond donors (Lipinski definition) is 2. The molecule has 5 heteroatoms. The molecule has 0 aliphatic heterocycles. The SMILES string of the molecule is CNc1ccc(C)cc1C(=O)n1[nH]c(=O)c2ccccc21. The standard InChI is InChI=1S/C16H15N3O2/c1-10-7-8-13(17-2)12(9-10)16(21)19-14-6-4-3-5-11(14)15(20)18-19/h3-9,17H,1-2H3,(H,18,20). The minimum absolute atomic E-state index is 0.263. The summed E-state index contributed by atoms with van der Waals surface area (Å²) in [6, 6.07) is 12.6. The fourth-order valence-corrected chi connectivity index (χ4v) is 2.42. The predicted octanol–water partition coefficient (Wildman–Crippen LogP) is 2.37. The van der Waals surface area contributed by atoms with Gasteiger partial charge >= 0.3 is 0 Å². The van der Waals surface area contributed by atoms with Crippen LogP contribution in [0.1, 0.15) is 15.9 Å². The quantitative estimate of drug-likeness (QED) is 0.758. The van der Waals surface area contributed by atoms with E-state index >= 15 is 0 Å². The third-order valence-electron chi connectivity index (χ3n) is 3.48. The first kappa shape index (κ1) is 13.2. The van der Waals surface area contributed by atoms with Gasteiger partial charge in [0, 0.05) is 12.7 Å². The van der Waals surface area contributed by atoms with Gasteiger partial charge in [0.2, 0.25) is 0 Å². The molecule has 3 rings (SSSR count). The molecule has 0 saturated heterocycles. The number of benzene rings is 2. The molecule has 2 aromatic carbocycles. The molecule has 21 heavy (non-hydrogen) atoms. The molecule has 1 heterocycles. The number of rotatable bonds is 2. The van der Waals surface area contributed by atoms with Crippen molar-refractivity contribution < 1.29 is 4.79 Å². The van der Waals surface area contributed by atoms with E-state index in [0.29, 0.717) is 16.5 Å². The summed E-state index contributed by atoms with van der Waals surface area (Å²) in [5.74, 6) is -0.263. The van der Waals surface area contributed by atoms with Crippen molar-refractivity contribution in [3.8, 4) is 0 Å². The maximum Gasteiger partial charge on any atom is 0.279 e. The highest BCUT2D eigenvalue weighted by molar-refractivity contribution is 6.04. The van der Waals surface area contributed by atoms with Crippen LogP contribution in [0.2, 0.25) is 0 Å². The van der Waals surface area contributed by atoms with Crippen LogP contribution in [0.5, 0.6) is 0 Å². The van der Waals surface area contributed by atoms with E-state index in [1.807, 2.05) is 19.1 Å². The van der Waals surface area contributed by atoms with E-state index in [1.54, 1.807) is 37.4 Å². The average Bonchev–Trinajstić information content (AvgIpc) is 2.84. The van der Waals surface area contributed by atoms with E-state index in [0.717, 1.165) is 11.3 Å². The first-order valence-corrected chi connectivity index (χ1v) is 6.64. The van der Waals surface area contributed by atoms with Crippen molar-refractivity contribution in [2.45, 2.75) is 6.92 Å². The van der Waals surface area contributed by atoms with Crippen LogP contribution in [-0.2, 0) is 0 Å². The number of para-hydroxylation sites is 1. The summed E-state index contributed by atoms with van der Waals surface area (Å²) in [6.45, 7) is 1.92. The fraction of sp³-hybridized carbons (Fsp3) is 0.125. The number of carbonyl (C=O) groups excluding carboxylic acids is 1. The van der Waals surface area contributed by atoms with Gasteiger partial charge < -0.3 is 5.32 Å². The molecular weight excluding hydrogens is 266 g/mol. The van der Waals surface area contributed by atoms with Gasteiger partial charge in [-0.05, 0) is 31.2 Å². The molecule has 0 spiro atoms. The van der Waals surface area contributed by atoms with Gasteiger partial charge in [-0.15, -0.1) is 0 Å². The van der Waals surface area contributed by atoms with Gasteiger partial charge in [0.05, 0.1) is 16.5 Å². The summed E-state index contributed by atoms with van der Waals surface area (Å²) in [5.41, 5.74) is 2.54. The van der Waals surface area contributed by atoms with Gasteiger partial charge in [0.25, 0.3) is 11.5 Å². The highest BCUT2D eigenvalue weighted by Gasteiger charge is 2.17. The van der Waals surface area contributed by atoms with Gasteiger partial charge in [-0.25, -0.2) is 4.68 Å². The van der Waals surface area contributed by atoms with E-state index in [4.69, 9.17) is 0 Å². The third kappa shape index (κ3) is 2.12. The molecule has 0 saturated carbocycles. The van der Waals surface area contributed by atoms with Gasteiger partial charge in [-0.1, -0.05) is 23.8 Å². The summed E-state index contributed by atoms with van der Waals surface area (Å²) in [7, 11) is 1.76. The molecule has 106 valence electrons. The Hall–Kier alpha value is -2.82. The largest absolute Gasteiger partial charge is 0.387 e. The predicted molar refractivity (Wildman–Crippen MR) is 83.0 cm³/mol. The fourth-order valence-electron chi connectivity index (χ4n) is 2.42. The van der Waals surface area contributed by atoms with Crippen molar-refractivity contribution in [2.24, 2.45) is 0 Å². The number of nitrogens with zero attached hydrogens (tertiary/aromatic N) is 1. The zero-order chi connectivity index (χ0) is 15.0. The second kappa shape index (κ2) is 4.94. The van der Waals surface area contributed by atoms with Crippen molar-refractivity contribution in [1.82, 2.24) is 9.78 Å². The smallest absolute Gasteiger partial charge is 0.279 e. The lowest BCUT2D eigenvalue weighted by Gasteiger charge is -2.10. The van der Waals surface area contributed by atoms with Gasteiger partial charge in [-0.3, -0.25) is 14.7 Å². The normalized spacial score (nSPS) is 10.8. The zero-order valence-corrected chi connectivity index (χ0v) is 11.8. The Kier molecular flexibility index (Phi) is 3.10. The molecule has 5 nitrogen and oxygen atoms in total. The number of carbonyl (C=O) groups is 1. The van der Waals surface area contributed by atoms with E-state index in [9.17, 15) is 9.59 Å². The summed E-state index contributed by atoms with van der Waals surface area (Å²) < 4.78 is 1.30. The number of nitrogens with one attached hydrogen (secondary N) is 2. The molecule has 0 radical (unpaired) electrons. The Labute approximate surface area is 121 Å². The van der Waals surface area contributed by atoms with Crippen LogP contribution in [0.4, 0.5) is 5.69 Å². The first-order chi connectivity index (χ1) is 10.1. The van der Waals surface area contributed by atoms with Crippen molar-refractivity contribution in [2.75, 3.05) is 12.4 Å². The number of fused-ring (bicyclic) bond motifs is 1. The number of aromatic amines is 1. The molecule has 0 aliphatic carbocycles. The minimum atomic E-state index is -0.266. The zero-order valence-electron chi connectivity index (χ0n) is 11.8. The van der Waals surface area contributed by atoms with Crippen LogP contribution in [0.15, 0.2) is 47.3 Å². The molecule has 1 aromatic heterocycles. The van der Waals surface area contributed by atoms with Crippen LogP contribution >= 0.6 is 0 Å². The molecule has 0 amide bonds. The van der Waals surface area contributed by atoms with Crippen molar-refractivity contribution in [3.63, 3.8) is 0 Å². The number of H-pyrrole nitrogens is 1. The lowest BCUT2D eigenvalue weighted by Crippen LogP contribution is -2.17. The molecule has 3 aromatic rings. The number of aryl methyl sites for hydroxylation is 1. The highest BCUT2D eigenvalue weighted by Crippen LogP contribution is 2.19. The molecule has 0 aliphatic rings. The number of anilines is 1. The molecular formula is C16H15N3O2. The van der Waals surface area contributed by atoms with Crippen molar-refractivity contribution >= 4 is 22.5 Å². The van der Waals surface area contributed by atoms with E-state index < -0.39 is 0 Å². The van der Waals surface area contributed by atoms with Crippen LogP contribution in [0.25, 0.3) is 10.9 Å².